The molecule has 4 rings (SSSR count). The zero-order valence-corrected chi connectivity index (χ0v) is 17.7. The smallest absolute Gasteiger partial charge is 0.225 e. The summed E-state index contributed by atoms with van der Waals surface area (Å²) in [5, 5.41) is 0. The second kappa shape index (κ2) is 8.67. The van der Waals surface area contributed by atoms with Crippen molar-refractivity contribution in [2.75, 3.05) is 44.2 Å². The number of rotatable bonds is 5. The highest BCUT2D eigenvalue weighted by Crippen LogP contribution is 2.22. The molecule has 6 heteroatoms. The van der Waals surface area contributed by atoms with Crippen LogP contribution in [0.15, 0.2) is 34.9 Å². The fraction of sp³-hybridized carbons (Fsp3) is 0.524. The van der Waals surface area contributed by atoms with Crippen LogP contribution < -0.4 is 4.90 Å². The van der Waals surface area contributed by atoms with Gasteiger partial charge in [0.2, 0.25) is 5.95 Å². The van der Waals surface area contributed by atoms with Gasteiger partial charge in [0.15, 0.2) is 0 Å². The number of nitrogens with zero attached hydrogens (tertiary/aromatic N) is 5. The van der Waals surface area contributed by atoms with Crippen molar-refractivity contribution in [3.63, 3.8) is 0 Å². The maximum atomic E-state index is 4.93. The Morgan fingerprint density at radius 3 is 2.70 bits per heavy atom. The summed E-state index contributed by atoms with van der Waals surface area (Å²) in [4.78, 5) is 17.0. The summed E-state index contributed by atoms with van der Waals surface area (Å²) >= 11 is 3.56. The van der Waals surface area contributed by atoms with Gasteiger partial charge in [-0.1, -0.05) is 35.0 Å². The SMILES string of the molecule is CCCN1CCN(c2ncc3c(n2)CCN(Cc2cccc(Br)c2)C3)CC1. The van der Waals surface area contributed by atoms with Crippen LogP contribution in [-0.4, -0.2) is 59.0 Å². The maximum absolute atomic E-state index is 4.93. The van der Waals surface area contributed by atoms with E-state index in [2.05, 4.69) is 68.0 Å². The second-order valence-corrected chi connectivity index (χ2v) is 8.48. The number of anilines is 1. The van der Waals surface area contributed by atoms with Gasteiger partial charge in [0.25, 0.3) is 0 Å². The van der Waals surface area contributed by atoms with Crippen LogP contribution in [-0.2, 0) is 19.5 Å². The van der Waals surface area contributed by atoms with E-state index in [9.17, 15) is 0 Å². The highest BCUT2D eigenvalue weighted by Gasteiger charge is 2.22. The summed E-state index contributed by atoms with van der Waals surface area (Å²) in [6, 6.07) is 8.57. The molecule has 1 aromatic heterocycles. The molecular weight excluding hydrogens is 402 g/mol. The second-order valence-electron chi connectivity index (χ2n) is 7.56. The van der Waals surface area contributed by atoms with E-state index in [1.165, 1.54) is 29.8 Å². The lowest BCUT2D eigenvalue weighted by atomic mass is 10.1. The molecule has 144 valence electrons. The van der Waals surface area contributed by atoms with Crippen LogP contribution in [0.4, 0.5) is 5.95 Å². The van der Waals surface area contributed by atoms with E-state index in [1.807, 2.05) is 0 Å². The van der Waals surface area contributed by atoms with Gasteiger partial charge in [0.05, 0.1) is 5.69 Å². The van der Waals surface area contributed by atoms with Gasteiger partial charge >= 0.3 is 0 Å². The zero-order chi connectivity index (χ0) is 18.6. The monoisotopic (exact) mass is 429 g/mol. The van der Waals surface area contributed by atoms with Crippen LogP contribution >= 0.6 is 15.9 Å². The zero-order valence-electron chi connectivity index (χ0n) is 16.1. The summed E-state index contributed by atoms with van der Waals surface area (Å²) in [6.07, 6.45) is 4.30. The van der Waals surface area contributed by atoms with Crippen LogP contribution in [0.25, 0.3) is 0 Å². The molecule has 0 aliphatic carbocycles. The van der Waals surface area contributed by atoms with Gasteiger partial charge in [0.1, 0.15) is 0 Å². The molecule has 27 heavy (non-hydrogen) atoms. The minimum atomic E-state index is 0.922. The van der Waals surface area contributed by atoms with Gasteiger partial charge in [-0.05, 0) is 30.7 Å². The molecule has 0 bridgehead atoms. The highest BCUT2D eigenvalue weighted by molar-refractivity contribution is 9.10. The molecule has 1 fully saturated rings. The summed E-state index contributed by atoms with van der Waals surface area (Å²) in [5.74, 6) is 0.922. The molecule has 0 amide bonds. The lowest BCUT2D eigenvalue weighted by molar-refractivity contribution is 0.242. The van der Waals surface area contributed by atoms with E-state index >= 15 is 0 Å². The molecule has 5 nitrogen and oxygen atoms in total. The Morgan fingerprint density at radius 2 is 1.93 bits per heavy atom. The predicted molar refractivity (Wildman–Crippen MR) is 113 cm³/mol. The summed E-state index contributed by atoms with van der Waals surface area (Å²) in [5.41, 5.74) is 3.86. The highest BCUT2D eigenvalue weighted by atomic mass is 79.9. The number of benzene rings is 1. The van der Waals surface area contributed by atoms with E-state index < -0.39 is 0 Å². The van der Waals surface area contributed by atoms with Crippen molar-refractivity contribution in [1.29, 1.82) is 0 Å². The predicted octanol–water partition coefficient (Wildman–Crippen LogP) is 3.33. The van der Waals surface area contributed by atoms with E-state index in [-0.39, 0.29) is 0 Å². The number of hydrogen-bond donors (Lipinski definition) is 0. The first-order valence-electron chi connectivity index (χ1n) is 10.00. The van der Waals surface area contributed by atoms with Gasteiger partial charge in [-0.25, -0.2) is 9.97 Å². The first-order chi connectivity index (χ1) is 13.2. The van der Waals surface area contributed by atoms with E-state index in [0.29, 0.717) is 0 Å². The Kier molecular flexibility index (Phi) is 6.05. The first kappa shape index (κ1) is 18.8. The fourth-order valence-corrected chi connectivity index (χ4v) is 4.48. The Labute approximate surface area is 170 Å². The molecule has 0 radical (unpaired) electrons. The average Bonchev–Trinajstić information content (AvgIpc) is 2.68. The van der Waals surface area contributed by atoms with Gasteiger partial charge in [-0.15, -0.1) is 0 Å². The van der Waals surface area contributed by atoms with Crippen molar-refractivity contribution < 1.29 is 0 Å². The van der Waals surface area contributed by atoms with E-state index in [1.54, 1.807) is 0 Å². The molecule has 1 saturated heterocycles. The molecule has 3 heterocycles. The number of aromatic nitrogens is 2. The van der Waals surface area contributed by atoms with Crippen LogP contribution in [0.3, 0.4) is 0 Å². The van der Waals surface area contributed by atoms with E-state index in [0.717, 1.165) is 62.7 Å². The fourth-order valence-electron chi connectivity index (χ4n) is 4.03. The standard InChI is InChI=1S/C21H28BrN5/c1-2-7-25-9-11-27(12-10-25)21-23-14-18-16-26(8-6-20(18)24-21)15-17-4-3-5-19(22)13-17/h3-5,13-14H,2,6-12,15-16H2,1H3. The lowest BCUT2D eigenvalue weighted by Gasteiger charge is -2.35. The largest absolute Gasteiger partial charge is 0.338 e. The van der Waals surface area contributed by atoms with Crippen LogP contribution in [0.2, 0.25) is 0 Å². The van der Waals surface area contributed by atoms with E-state index in [4.69, 9.17) is 9.97 Å². The van der Waals surface area contributed by atoms with Gasteiger partial charge in [0, 0.05) is 68.5 Å². The van der Waals surface area contributed by atoms with Crippen LogP contribution in [0.5, 0.6) is 0 Å². The summed E-state index contributed by atoms with van der Waals surface area (Å²) in [7, 11) is 0. The van der Waals surface area contributed by atoms with Crippen molar-refractivity contribution in [2.24, 2.45) is 0 Å². The van der Waals surface area contributed by atoms with Crippen LogP contribution in [0, 0.1) is 0 Å². The first-order valence-corrected chi connectivity index (χ1v) is 10.8. The minimum Gasteiger partial charge on any atom is -0.338 e. The molecule has 0 N–H and O–H groups in total. The Hall–Kier alpha value is -1.50. The van der Waals surface area contributed by atoms with Crippen molar-refractivity contribution in [2.45, 2.75) is 32.9 Å². The van der Waals surface area contributed by atoms with Gasteiger partial charge in [-0.3, -0.25) is 9.80 Å². The van der Waals surface area contributed by atoms with Crippen LogP contribution in [0.1, 0.15) is 30.2 Å². The van der Waals surface area contributed by atoms with Gasteiger partial charge in [-0.2, -0.15) is 0 Å². The Morgan fingerprint density at radius 1 is 1.07 bits per heavy atom. The van der Waals surface area contributed by atoms with Gasteiger partial charge < -0.3 is 4.90 Å². The van der Waals surface area contributed by atoms with Crippen molar-refractivity contribution in [3.8, 4) is 0 Å². The molecule has 2 aliphatic heterocycles. The molecule has 2 aliphatic rings. The summed E-state index contributed by atoms with van der Waals surface area (Å²) < 4.78 is 1.14. The Bertz CT molecular complexity index is 773. The van der Waals surface area contributed by atoms with Crippen molar-refractivity contribution in [1.82, 2.24) is 19.8 Å². The molecule has 0 unspecified atom stereocenters. The molecule has 2 aromatic rings. The number of halogens is 1. The molecule has 0 saturated carbocycles. The quantitative estimate of drug-likeness (QED) is 0.727. The van der Waals surface area contributed by atoms with Crippen molar-refractivity contribution >= 4 is 21.9 Å². The van der Waals surface area contributed by atoms with Crippen molar-refractivity contribution in [3.05, 3.63) is 51.8 Å². The molecule has 0 spiro atoms. The average molecular weight is 430 g/mol. The third-order valence-corrected chi connectivity index (χ3v) is 5.98. The summed E-state index contributed by atoms with van der Waals surface area (Å²) in [6.45, 7) is 10.7. The number of hydrogen-bond acceptors (Lipinski definition) is 5. The number of fused-ring (bicyclic) bond motifs is 1. The lowest BCUT2D eigenvalue weighted by Crippen LogP contribution is -2.47. The third-order valence-electron chi connectivity index (χ3n) is 5.49. The molecular formula is C21H28BrN5. The number of piperazine rings is 1. The Balaban J connectivity index is 1.38. The normalized spacial score (nSPS) is 18.5. The topological polar surface area (TPSA) is 35.5 Å². The molecule has 1 aromatic carbocycles. The third kappa shape index (κ3) is 4.68. The minimum absolute atomic E-state index is 0.922. The maximum Gasteiger partial charge on any atom is 0.225 e. The molecule has 0 atom stereocenters.